The van der Waals surface area contributed by atoms with Crippen molar-refractivity contribution in [3.8, 4) is 5.75 Å². The first-order chi connectivity index (χ1) is 16.3. The Bertz CT molecular complexity index is 1120. The van der Waals surface area contributed by atoms with Gasteiger partial charge in [-0.05, 0) is 47.2 Å². The van der Waals surface area contributed by atoms with Crippen LogP contribution in [0.2, 0.25) is 0 Å². The Balaban J connectivity index is 2.44. The summed E-state index contributed by atoms with van der Waals surface area (Å²) >= 11 is 0. The van der Waals surface area contributed by atoms with Crippen molar-refractivity contribution in [1.29, 1.82) is 0 Å². The second kappa shape index (κ2) is 11.6. The molecule has 0 bridgehead atoms. The Morgan fingerprint density at radius 1 is 1.09 bits per heavy atom. The lowest BCUT2D eigenvalue weighted by atomic mass is 9.87. The molecule has 0 aliphatic heterocycles. The largest absolute Gasteiger partial charge is 0.497 e. The van der Waals surface area contributed by atoms with Gasteiger partial charge in [0.25, 0.3) is 0 Å². The quantitative estimate of drug-likeness (QED) is 0.537. The summed E-state index contributed by atoms with van der Waals surface area (Å²) in [5, 5.41) is 2.61. The molecule has 2 aromatic carbocycles. The number of hydrogen-bond acceptors (Lipinski definition) is 5. The molecule has 0 saturated carbocycles. The molecule has 35 heavy (non-hydrogen) atoms. The molecule has 0 unspecified atom stereocenters. The number of rotatable bonds is 10. The van der Waals surface area contributed by atoms with E-state index in [4.69, 9.17) is 4.74 Å². The second-order valence-corrected chi connectivity index (χ2v) is 11.4. The number of likely N-dealkylation sites (N-methyl/N-ethyl adjacent to an activating group) is 1. The van der Waals surface area contributed by atoms with E-state index in [0.29, 0.717) is 17.9 Å². The van der Waals surface area contributed by atoms with E-state index in [0.717, 1.165) is 21.7 Å². The Morgan fingerprint density at radius 3 is 2.20 bits per heavy atom. The molecule has 1 atom stereocenters. The third-order valence-electron chi connectivity index (χ3n) is 5.82. The topological polar surface area (TPSA) is 96.0 Å². The minimum atomic E-state index is -3.77. The van der Waals surface area contributed by atoms with Crippen LogP contribution in [0.4, 0.5) is 5.69 Å². The van der Waals surface area contributed by atoms with Gasteiger partial charge < -0.3 is 15.0 Å². The fourth-order valence-corrected chi connectivity index (χ4v) is 4.64. The summed E-state index contributed by atoms with van der Waals surface area (Å²) in [7, 11) is -0.707. The van der Waals surface area contributed by atoms with Crippen LogP contribution in [0.15, 0.2) is 48.5 Å². The third kappa shape index (κ3) is 7.45. The van der Waals surface area contributed by atoms with Crippen LogP contribution in [0, 0.1) is 0 Å². The van der Waals surface area contributed by atoms with Crippen molar-refractivity contribution >= 4 is 27.5 Å². The van der Waals surface area contributed by atoms with Crippen LogP contribution in [-0.2, 0) is 31.6 Å². The molecule has 2 aromatic rings. The predicted molar refractivity (Wildman–Crippen MR) is 139 cm³/mol. The molecule has 192 valence electrons. The van der Waals surface area contributed by atoms with Crippen LogP contribution >= 0.6 is 0 Å². The zero-order valence-electron chi connectivity index (χ0n) is 21.7. The van der Waals surface area contributed by atoms with Crippen molar-refractivity contribution < 1.29 is 22.7 Å². The molecule has 0 aromatic heterocycles. The van der Waals surface area contributed by atoms with Gasteiger partial charge in [0.15, 0.2) is 0 Å². The minimum absolute atomic E-state index is 0.0975. The Hall–Kier alpha value is -3.07. The van der Waals surface area contributed by atoms with E-state index in [-0.39, 0.29) is 17.9 Å². The summed E-state index contributed by atoms with van der Waals surface area (Å²) in [4.78, 5) is 27.6. The van der Waals surface area contributed by atoms with Crippen molar-refractivity contribution in [2.24, 2.45) is 0 Å². The van der Waals surface area contributed by atoms with Crippen LogP contribution in [0.25, 0.3) is 0 Å². The number of nitrogens with one attached hydrogen (secondary N) is 1. The number of carbonyl (C=O) groups is 2. The lowest BCUT2D eigenvalue weighted by Gasteiger charge is -2.32. The van der Waals surface area contributed by atoms with Gasteiger partial charge in [-0.1, -0.05) is 52.0 Å². The van der Waals surface area contributed by atoms with E-state index in [9.17, 15) is 18.0 Å². The first kappa shape index (κ1) is 28.2. The smallest absolute Gasteiger partial charge is 0.244 e. The van der Waals surface area contributed by atoms with E-state index in [2.05, 4.69) is 26.1 Å². The highest BCUT2D eigenvalue weighted by molar-refractivity contribution is 7.92. The summed E-state index contributed by atoms with van der Waals surface area (Å²) in [6.07, 6.45) is 1.44. The number of ether oxygens (including phenoxy) is 1. The zero-order chi connectivity index (χ0) is 26.4. The van der Waals surface area contributed by atoms with Gasteiger partial charge in [0.05, 0.1) is 19.1 Å². The molecular formula is C26H37N3O5S. The van der Waals surface area contributed by atoms with E-state index >= 15 is 0 Å². The maximum absolute atomic E-state index is 13.6. The minimum Gasteiger partial charge on any atom is -0.497 e. The molecule has 0 fully saturated rings. The Morgan fingerprint density at radius 2 is 1.71 bits per heavy atom. The van der Waals surface area contributed by atoms with Gasteiger partial charge in [-0.25, -0.2) is 8.42 Å². The molecule has 0 spiro atoms. The van der Waals surface area contributed by atoms with E-state index < -0.39 is 28.5 Å². The van der Waals surface area contributed by atoms with Crippen LogP contribution in [0.1, 0.15) is 45.2 Å². The maximum Gasteiger partial charge on any atom is 0.244 e. The highest BCUT2D eigenvalue weighted by Crippen LogP contribution is 2.26. The average molecular weight is 504 g/mol. The van der Waals surface area contributed by atoms with Crippen LogP contribution in [0.5, 0.6) is 5.75 Å². The van der Waals surface area contributed by atoms with Crippen molar-refractivity contribution in [1.82, 2.24) is 10.2 Å². The molecular weight excluding hydrogens is 466 g/mol. The van der Waals surface area contributed by atoms with Gasteiger partial charge >= 0.3 is 0 Å². The number of benzene rings is 2. The number of anilines is 1. The molecule has 0 aliphatic rings. The van der Waals surface area contributed by atoms with Gasteiger partial charge in [-0.3, -0.25) is 13.9 Å². The summed E-state index contributed by atoms with van der Waals surface area (Å²) < 4.78 is 31.8. The fourth-order valence-electron chi connectivity index (χ4n) is 3.80. The number of amides is 2. The molecule has 1 N–H and O–H groups in total. The van der Waals surface area contributed by atoms with Crippen molar-refractivity contribution in [2.45, 2.75) is 52.1 Å². The molecule has 2 rings (SSSR count). The first-order valence-corrected chi connectivity index (χ1v) is 13.4. The highest BCUT2D eigenvalue weighted by Gasteiger charge is 2.31. The lowest BCUT2D eigenvalue weighted by Crippen LogP contribution is -2.51. The monoisotopic (exact) mass is 503 g/mol. The lowest BCUT2D eigenvalue weighted by molar-refractivity contribution is -0.140. The number of hydrogen-bond donors (Lipinski definition) is 1. The molecule has 0 heterocycles. The highest BCUT2D eigenvalue weighted by atomic mass is 32.2. The fraction of sp³-hybridized carbons (Fsp3) is 0.462. The normalized spacial score (nSPS) is 12.5. The SMILES string of the molecule is CC[C@H](C(=O)NC)N(Cc1cccc(OC)c1)C(=O)CN(c1ccc(C(C)(C)C)cc1)S(C)(=O)=O. The average Bonchev–Trinajstić information content (AvgIpc) is 2.80. The molecule has 2 amide bonds. The van der Waals surface area contributed by atoms with Crippen LogP contribution in [0.3, 0.4) is 0 Å². The number of methoxy groups -OCH3 is 1. The van der Waals surface area contributed by atoms with Gasteiger partial charge in [-0.15, -0.1) is 0 Å². The van der Waals surface area contributed by atoms with Gasteiger partial charge in [0, 0.05) is 13.6 Å². The Labute approximate surface area is 209 Å². The summed E-state index contributed by atoms with van der Waals surface area (Å²) in [5.41, 5.74) is 2.11. The van der Waals surface area contributed by atoms with E-state index in [1.165, 1.54) is 11.9 Å². The first-order valence-electron chi connectivity index (χ1n) is 11.5. The number of carbonyl (C=O) groups excluding carboxylic acids is 2. The molecule has 0 radical (unpaired) electrons. The van der Waals surface area contributed by atoms with Crippen molar-refractivity contribution in [2.75, 3.05) is 31.3 Å². The summed E-state index contributed by atoms with van der Waals surface area (Å²) in [6.45, 7) is 7.72. The molecule has 9 heteroatoms. The summed E-state index contributed by atoms with van der Waals surface area (Å²) in [5.74, 6) is -0.169. The van der Waals surface area contributed by atoms with Gasteiger partial charge in [0.1, 0.15) is 18.3 Å². The van der Waals surface area contributed by atoms with Crippen molar-refractivity contribution in [3.05, 3.63) is 59.7 Å². The van der Waals surface area contributed by atoms with Gasteiger partial charge in [0.2, 0.25) is 21.8 Å². The Kier molecular flexibility index (Phi) is 9.31. The van der Waals surface area contributed by atoms with E-state index in [1.54, 1.807) is 37.4 Å². The summed E-state index contributed by atoms with van der Waals surface area (Å²) in [6, 6.07) is 13.6. The molecule has 0 aliphatic carbocycles. The third-order valence-corrected chi connectivity index (χ3v) is 6.96. The number of sulfonamides is 1. The van der Waals surface area contributed by atoms with Gasteiger partial charge in [-0.2, -0.15) is 0 Å². The van der Waals surface area contributed by atoms with Crippen molar-refractivity contribution in [3.63, 3.8) is 0 Å². The molecule has 8 nitrogen and oxygen atoms in total. The van der Waals surface area contributed by atoms with Crippen LogP contribution in [-0.4, -0.2) is 58.1 Å². The standard InChI is InChI=1S/C26H37N3O5S/c1-8-23(25(31)27-5)28(17-19-10-9-11-22(16-19)34-6)24(30)18-29(35(7,32)33)21-14-12-20(13-15-21)26(2,3)4/h9-16,23H,8,17-18H2,1-7H3,(H,27,31)/t23-/m1/s1. The van der Waals surface area contributed by atoms with E-state index in [1.807, 2.05) is 25.1 Å². The van der Waals surface area contributed by atoms with Crippen LogP contribution < -0.4 is 14.4 Å². The predicted octanol–water partition coefficient (Wildman–Crippen LogP) is 3.31. The second-order valence-electron chi connectivity index (χ2n) is 9.48. The molecule has 0 saturated heterocycles. The zero-order valence-corrected chi connectivity index (χ0v) is 22.5. The number of nitrogens with zero attached hydrogens (tertiary/aromatic N) is 2. The maximum atomic E-state index is 13.6.